The topological polar surface area (TPSA) is 79.5 Å². The third-order valence-electron chi connectivity index (χ3n) is 3.05. The molecule has 0 spiro atoms. The first-order valence-electron chi connectivity index (χ1n) is 6.92. The Morgan fingerprint density at radius 2 is 1.72 bits per heavy atom. The van der Waals surface area contributed by atoms with Crippen LogP contribution in [0.15, 0.2) is 42.5 Å². The van der Waals surface area contributed by atoms with Gasteiger partial charge >= 0.3 is 0 Å². The van der Waals surface area contributed by atoms with Crippen LogP contribution in [0.3, 0.4) is 0 Å². The average Bonchev–Trinajstić information content (AvgIpc) is 2.59. The predicted molar refractivity (Wildman–Crippen MR) is 116 cm³/mol. The van der Waals surface area contributed by atoms with Crippen molar-refractivity contribution in [1.82, 2.24) is 16.2 Å². The van der Waals surface area contributed by atoms with E-state index in [1.807, 2.05) is 12.1 Å². The van der Waals surface area contributed by atoms with Crippen molar-refractivity contribution in [2.24, 2.45) is 0 Å². The fraction of sp³-hybridized carbons (Fsp3) is 0.0625. The van der Waals surface area contributed by atoms with Gasteiger partial charge in [0, 0.05) is 9.13 Å². The molecule has 130 valence electrons. The van der Waals surface area contributed by atoms with Gasteiger partial charge in [0.15, 0.2) is 5.11 Å². The van der Waals surface area contributed by atoms with E-state index < -0.39 is 0 Å². The molecule has 9 heteroatoms. The largest absolute Gasteiger partial charge is 0.496 e. The van der Waals surface area contributed by atoms with E-state index in [1.165, 1.54) is 0 Å². The van der Waals surface area contributed by atoms with Crippen LogP contribution in [0.5, 0.6) is 5.75 Å². The molecular weight excluding hydrogens is 568 g/mol. The summed E-state index contributed by atoms with van der Waals surface area (Å²) in [5.41, 5.74) is 5.89. The number of thiocarbonyl (C=S) groups is 1. The van der Waals surface area contributed by atoms with Crippen LogP contribution < -0.4 is 20.9 Å². The quantitative estimate of drug-likeness (QED) is 0.296. The monoisotopic (exact) mass is 581 g/mol. The molecule has 2 aromatic rings. The Kier molecular flexibility index (Phi) is 7.38. The van der Waals surface area contributed by atoms with Gasteiger partial charge in [0.1, 0.15) is 5.75 Å². The molecule has 0 bridgehead atoms. The molecule has 0 heterocycles. The van der Waals surface area contributed by atoms with E-state index in [0.717, 1.165) is 7.14 Å². The van der Waals surface area contributed by atoms with Crippen LogP contribution >= 0.6 is 57.4 Å². The van der Waals surface area contributed by atoms with Crippen molar-refractivity contribution in [2.75, 3.05) is 7.11 Å². The highest BCUT2D eigenvalue weighted by Crippen LogP contribution is 2.21. The highest BCUT2D eigenvalue weighted by atomic mass is 127. The van der Waals surface area contributed by atoms with Crippen molar-refractivity contribution in [3.8, 4) is 5.75 Å². The highest BCUT2D eigenvalue weighted by Gasteiger charge is 2.12. The molecule has 6 nitrogen and oxygen atoms in total. The van der Waals surface area contributed by atoms with Gasteiger partial charge in [-0.15, -0.1) is 0 Å². The number of hydrogen-bond donors (Lipinski definition) is 3. The van der Waals surface area contributed by atoms with Crippen molar-refractivity contribution in [3.63, 3.8) is 0 Å². The number of benzene rings is 2. The van der Waals surface area contributed by atoms with Crippen molar-refractivity contribution in [2.45, 2.75) is 0 Å². The normalized spacial score (nSPS) is 9.88. The maximum Gasteiger partial charge on any atom is 0.269 e. The first-order valence-corrected chi connectivity index (χ1v) is 9.48. The first kappa shape index (κ1) is 19.8. The zero-order valence-electron chi connectivity index (χ0n) is 12.9. The highest BCUT2D eigenvalue weighted by molar-refractivity contribution is 14.1. The molecule has 0 saturated heterocycles. The molecule has 25 heavy (non-hydrogen) atoms. The SMILES string of the molecule is COc1ccc(C(=O)NNC(=S)NC(=O)c2ccccc2I)cc1I. The van der Waals surface area contributed by atoms with Crippen LogP contribution in [0.4, 0.5) is 0 Å². The molecule has 2 aromatic carbocycles. The smallest absolute Gasteiger partial charge is 0.269 e. The number of rotatable bonds is 3. The van der Waals surface area contributed by atoms with Crippen molar-refractivity contribution >= 4 is 74.3 Å². The Balaban J connectivity index is 1.91. The summed E-state index contributed by atoms with van der Waals surface area (Å²) in [7, 11) is 1.56. The number of carbonyl (C=O) groups is 2. The fourth-order valence-electron chi connectivity index (χ4n) is 1.84. The Morgan fingerprint density at radius 1 is 1.00 bits per heavy atom. The van der Waals surface area contributed by atoms with Crippen LogP contribution in [-0.2, 0) is 0 Å². The summed E-state index contributed by atoms with van der Waals surface area (Å²) < 4.78 is 6.76. The fourth-order valence-corrected chi connectivity index (χ4v) is 3.35. The summed E-state index contributed by atoms with van der Waals surface area (Å²) in [4.78, 5) is 24.3. The van der Waals surface area contributed by atoms with E-state index in [0.29, 0.717) is 16.9 Å². The minimum Gasteiger partial charge on any atom is -0.496 e. The molecule has 0 radical (unpaired) electrons. The Labute approximate surface area is 177 Å². The van der Waals surface area contributed by atoms with Gasteiger partial charge < -0.3 is 4.74 Å². The third kappa shape index (κ3) is 5.51. The van der Waals surface area contributed by atoms with E-state index in [4.69, 9.17) is 17.0 Å². The lowest BCUT2D eigenvalue weighted by molar-refractivity contribution is 0.0934. The second-order valence-electron chi connectivity index (χ2n) is 4.69. The van der Waals surface area contributed by atoms with E-state index in [9.17, 15) is 9.59 Å². The third-order valence-corrected chi connectivity index (χ3v) is 5.04. The van der Waals surface area contributed by atoms with Crippen molar-refractivity contribution in [1.29, 1.82) is 0 Å². The molecule has 0 unspecified atom stereocenters. The van der Waals surface area contributed by atoms with Gasteiger partial charge in [-0.25, -0.2) is 0 Å². The molecule has 0 fully saturated rings. The minimum absolute atomic E-state index is 0.00112. The lowest BCUT2D eigenvalue weighted by atomic mass is 10.2. The van der Waals surface area contributed by atoms with Gasteiger partial charge in [0.25, 0.3) is 11.8 Å². The summed E-state index contributed by atoms with van der Waals surface area (Å²) in [6.45, 7) is 0. The van der Waals surface area contributed by atoms with E-state index in [-0.39, 0.29) is 16.9 Å². The van der Waals surface area contributed by atoms with Crippen LogP contribution in [0.2, 0.25) is 0 Å². The van der Waals surface area contributed by atoms with Crippen molar-refractivity contribution in [3.05, 3.63) is 60.7 Å². The zero-order chi connectivity index (χ0) is 18.4. The number of hydrazine groups is 1. The summed E-state index contributed by atoms with van der Waals surface area (Å²) in [5.74, 6) is -0.0486. The second kappa shape index (κ2) is 9.29. The van der Waals surface area contributed by atoms with Crippen LogP contribution in [0, 0.1) is 7.14 Å². The molecule has 0 aliphatic heterocycles. The maximum atomic E-state index is 12.1. The molecule has 3 N–H and O–H groups in total. The first-order chi connectivity index (χ1) is 11.9. The molecule has 2 rings (SSSR count). The standard InChI is InChI=1S/C16H13I2N3O3S/c1-24-13-7-6-9(8-12(13)18)14(22)20-21-16(25)19-15(23)10-4-2-3-5-11(10)17/h2-8H,1H3,(H,20,22)(H2,19,21,23,25). The van der Waals surface area contributed by atoms with Gasteiger partial charge in [-0.3, -0.25) is 25.8 Å². The van der Waals surface area contributed by atoms with Gasteiger partial charge in [-0.2, -0.15) is 0 Å². The number of hydrogen-bond acceptors (Lipinski definition) is 4. The molecular formula is C16H13I2N3O3S. The summed E-state index contributed by atoms with van der Waals surface area (Å²) in [5, 5.41) is 2.52. The molecule has 0 aliphatic rings. The lowest BCUT2D eigenvalue weighted by Crippen LogP contribution is -2.48. The molecule has 2 amide bonds. The summed E-state index contributed by atoms with van der Waals surface area (Å²) in [6, 6.07) is 12.1. The number of methoxy groups -OCH3 is 1. The van der Waals surface area contributed by atoms with Gasteiger partial charge in [0.05, 0.1) is 16.2 Å². The molecule has 0 atom stereocenters. The second-order valence-corrected chi connectivity index (χ2v) is 7.42. The Hall–Kier alpha value is -1.47. The predicted octanol–water partition coefficient (Wildman–Crippen LogP) is 2.85. The number of nitrogens with one attached hydrogen (secondary N) is 3. The number of halogens is 2. The Morgan fingerprint density at radius 3 is 2.36 bits per heavy atom. The molecule has 0 saturated carbocycles. The maximum absolute atomic E-state index is 12.1. The summed E-state index contributed by atoms with van der Waals surface area (Å²) in [6.07, 6.45) is 0. The number of ether oxygens (including phenoxy) is 1. The molecule has 0 aliphatic carbocycles. The van der Waals surface area contributed by atoms with Gasteiger partial charge in [-0.05, 0) is 87.7 Å². The van der Waals surface area contributed by atoms with Gasteiger partial charge in [0.2, 0.25) is 0 Å². The number of amides is 2. The average molecular weight is 581 g/mol. The minimum atomic E-state index is -0.383. The Bertz CT molecular complexity index is 830. The van der Waals surface area contributed by atoms with Crippen molar-refractivity contribution < 1.29 is 14.3 Å². The van der Waals surface area contributed by atoms with Crippen LogP contribution in [0.25, 0.3) is 0 Å². The lowest BCUT2D eigenvalue weighted by Gasteiger charge is -2.12. The van der Waals surface area contributed by atoms with Gasteiger partial charge in [-0.1, -0.05) is 12.1 Å². The van der Waals surface area contributed by atoms with Crippen LogP contribution in [-0.4, -0.2) is 24.0 Å². The zero-order valence-corrected chi connectivity index (χ0v) is 18.1. The molecule has 0 aromatic heterocycles. The van der Waals surface area contributed by atoms with E-state index in [1.54, 1.807) is 37.4 Å². The van der Waals surface area contributed by atoms with E-state index >= 15 is 0 Å². The van der Waals surface area contributed by atoms with E-state index in [2.05, 4.69) is 61.4 Å². The number of carbonyl (C=O) groups excluding carboxylic acids is 2. The van der Waals surface area contributed by atoms with Crippen LogP contribution in [0.1, 0.15) is 20.7 Å². The summed E-state index contributed by atoms with van der Waals surface area (Å²) >= 11 is 9.17.